The average molecular weight is 492 g/mol. The summed E-state index contributed by atoms with van der Waals surface area (Å²) < 4.78 is 36.6. The Morgan fingerprint density at radius 3 is 2.39 bits per heavy atom. The molecule has 2 aromatic heterocycles. The molecule has 7 nitrogen and oxygen atoms in total. The van der Waals surface area contributed by atoms with E-state index in [1.807, 2.05) is 13.1 Å². The van der Waals surface area contributed by atoms with Gasteiger partial charge in [-0.3, -0.25) is 9.48 Å². The van der Waals surface area contributed by atoms with Crippen molar-refractivity contribution in [1.82, 2.24) is 24.6 Å². The molecule has 2 aromatic carbocycles. The van der Waals surface area contributed by atoms with Gasteiger partial charge in [-0.1, -0.05) is 19.1 Å². The van der Waals surface area contributed by atoms with Crippen molar-refractivity contribution in [3.05, 3.63) is 106 Å². The van der Waals surface area contributed by atoms with Crippen molar-refractivity contribution in [3.8, 4) is 11.8 Å². The zero-order valence-corrected chi connectivity index (χ0v) is 20.1. The maximum Gasteiger partial charge on any atom is 0.322 e. The number of benzene rings is 2. The fraction of sp³-hybridized carbons (Fsp3) is 0.296. The second-order valence-corrected chi connectivity index (χ2v) is 9.06. The maximum absolute atomic E-state index is 14.0. The molecule has 1 aliphatic rings. The number of nitrogens with one attached hydrogen (secondary N) is 1. The van der Waals surface area contributed by atoms with Crippen LogP contribution in [-0.2, 0) is 12.6 Å². The molecule has 0 spiro atoms. The van der Waals surface area contributed by atoms with Crippen LogP contribution in [0.4, 0.5) is 8.78 Å². The van der Waals surface area contributed by atoms with E-state index in [1.165, 1.54) is 42.5 Å². The zero-order chi connectivity index (χ0) is 25.3. The topological polar surface area (TPSA) is 74.0 Å². The van der Waals surface area contributed by atoms with Gasteiger partial charge in [-0.05, 0) is 60.9 Å². The van der Waals surface area contributed by atoms with Gasteiger partial charge in [0.25, 0.3) is 5.56 Å². The predicted molar refractivity (Wildman–Crippen MR) is 131 cm³/mol. The molecule has 3 heterocycles. The van der Waals surface area contributed by atoms with Crippen LogP contribution >= 0.6 is 0 Å². The molecule has 0 bridgehead atoms. The standard InChI is InChI=1S/C27H27F2N5O2/c1-3-21-16-27(18-4-6-19(28)7-5-18,34-25(35)13-15-33(34)2)23(17-31-21)24-12-14-30-26(32-24)36-22-10-8-20(29)9-11-22/h4-15,21,23,31H,3,16-17H2,1-2H3. The zero-order valence-electron chi connectivity index (χ0n) is 20.1. The lowest BCUT2D eigenvalue weighted by Gasteiger charge is -2.48. The molecule has 0 saturated carbocycles. The van der Waals surface area contributed by atoms with Crippen molar-refractivity contribution in [3.63, 3.8) is 0 Å². The Kier molecular flexibility index (Phi) is 6.40. The van der Waals surface area contributed by atoms with Crippen LogP contribution < -0.4 is 15.6 Å². The van der Waals surface area contributed by atoms with E-state index in [0.717, 1.165) is 12.0 Å². The molecule has 1 saturated heterocycles. The van der Waals surface area contributed by atoms with Crippen molar-refractivity contribution in [2.45, 2.75) is 37.3 Å². The summed E-state index contributed by atoms with van der Waals surface area (Å²) in [5.41, 5.74) is 0.482. The van der Waals surface area contributed by atoms with Crippen molar-refractivity contribution >= 4 is 0 Å². The Labute approximate surface area is 207 Å². The van der Waals surface area contributed by atoms with Crippen LogP contribution in [0, 0.1) is 11.6 Å². The molecule has 3 atom stereocenters. The van der Waals surface area contributed by atoms with Gasteiger partial charge in [0, 0.05) is 44.0 Å². The summed E-state index contributed by atoms with van der Waals surface area (Å²) in [7, 11) is 1.83. The molecule has 1 N–H and O–H groups in total. The fourth-order valence-corrected chi connectivity index (χ4v) is 5.24. The van der Waals surface area contributed by atoms with Crippen LogP contribution in [0.15, 0.2) is 77.9 Å². The van der Waals surface area contributed by atoms with Crippen molar-refractivity contribution in [1.29, 1.82) is 0 Å². The first-order valence-corrected chi connectivity index (χ1v) is 11.9. The van der Waals surface area contributed by atoms with Crippen molar-refractivity contribution < 1.29 is 13.5 Å². The summed E-state index contributed by atoms with van der Waals surface area (Å²) in [6.45, 7) is 2.63. The lowest BCUT2D eigenvalue weighted by atomic mass is 9.69. The molecule has 5 rings (SSSR count). The highest BCUT2D eigenvalue weighted by atomic mass is 19.1. The van der Waals surface area contributed by atoms with Crippen LogP contribution in [0.5, 0.6) is 11.8 Å². The van der Waals surface area contributed by atoms with Crippen LogP contribution in [0.25, 0.3) is 0 Å². The van der Waals surface area contributed by atoms with Crippen molar-refractivity contribution in [2.24, 2.45) is 7.05 Å². The van der Waals surface area contributed by atoms with Gasteiger partial charge in [0.1, 0.15) is 22.9 Å². The molecule has 36 heavy (non-hydrogen) atoms. The van der Waals surface area contributed by atoms with E-state index in [0.29, 0.717) is 24.4 Å². The van der Waals surface area contributed by atoms with Gasteiger partial charge < -0.3 is 10.1 Å². The Hall–Kier alpha value is -3.85. The SMILES string of the molecule is CCC1CC(c2ccc(F)cc2)(n2c(=O)ccn2C)C(c2ccnc(Oc3ccc(F)cc3)n2)CN1. The summed E-state index contributed by atoms with van der Waals surface area (Å²) in [6, 6.07) is 15.5. The van der Waals surface area contributed by atoms with Gasteiger partial charge in [0.15, 0.2) is 0 Å². The minimum absolute atomic E-state index is 0.115. The third kappa shape index (κ3) is 4.30. The first-order valence-electron chi connectivity index (χ1n) is 11.9. The molecule has 4 aromatic rings. The molecule has 3 unspecified atom stereocenters. The third-order valence-corrected chi connectivity index (χ3v) is 6.95. The Balaban J connectivity index is 1.66. The molecular formula is C27H27F2N5O2. The van der Waals surface area contributed by atoms with Crippen LogP contribution in [0.1, 0.15) is 36.9 Å². The molecule has 186 valence electrons. The van der Waals surface area contributed by atoms with Crippen molar-refractivity contribution in [2.75, 3.05) is 6.54 Å². The van der Waals surface area contributed by atoms with Gasteiger partial charge >= 0.3 is 6.01 Å². The van der Waals surface area contributed by atoms with Gasteiger partial charge in [-0.15, -0.1) is 0 Å². The van der Waals surface area contributed by atoms with E-state index in [4.69, 9.17) is 9.72 Å². The first kappa shape index (κ1) is 23.9. The second-order valence-electron chi connectivity index (χ2n) is 9.06. The minimum Gasteiger partial charge on any atom is -0.424 e. The van der Waals surface area contributed by atoms with Crippen LogP contribution in [0.3, 0.4) is 0 Å². The van der Waals surface area contributed by atoms with E-state index in [9.17, 15) is 13.6 Å². The largest absolute Gasteiger partial charge is 0.424 e. The average Bonchev–Trinajstić information content (AvgIpc) is 3.23. The van der Waals surface area contributed by atoms with E-state index in [2.05, 4.69) is 17.2 Å². The Morgan fingerprint density at radius 1 is 1.06 bits per heavy atom. The number of halogens is 2. The van der Waals surface area contributed by atoms with Crippen LogP contribution in [-0.4, -0.2) is 31.9 Å². The van der Waals surface area contributed by atoms with E-state index in [1.54, 1.807) is 33.9 Å². The number of aromatic nitrogens is 4. The van der Waals surface area contributed by atoms with Gasteiger partial charge in [0.05, 0.1) is 5.69 Å². The Morgan fingerprint density at radius 2 is 1.75 bits per heavy atom. The molecule has 1 fully saturated rings. The summed E-state index contributed by atoms with van der Waals surface area (Å²) in [4.78, 5) is 22.2. The van der Waals surface area contributed by atoms with E-state index < -0.39 is 5.54 Å². The minimum atomic E-state index is -0.851. The highest BCUT2D eigenvalue weighted by Crippen LogP contribution is 2.45. The normalized spacial score (nSPS) is 21.9. The lowest BCUT2D eigenvalue weighted by molar-refractivity contribution is 0.139. The predicted octanol–water partition coefficient (Wildman–Crippen LogP) is 4.35. The van der Waals surface area contributed by atoms with Gasteiger partial charge in [-0.2, -0.15) is 4.98 Å². The summed E-state index contributed by atoms with van der Waals surface area (Å²) >= 11 is 0. The first-order chi connectivity index (χ1) is 17.4. The molecular weight excluding hydrogens is 464 g/mol. The van der Waals surface area contributed by atoms with Gasteiger partial charge in [-0.25, -0.2) is 18.4 Å². The van der Waals surface area contributed by atoms with Crippen LogP contribution in [0.2, 0.25) is 0 Å². The fourth-order valence-electron chi connectivity index (χ4n) is 5.24. The number of aryl methyl sites for hydroxylation is 1. The molecule has 1 aliphatic heterocycles. The van der Waals surface area contributed by atoms with E-state index >= 15 is 0 Å². The lowest BCUT2D eigenvalue weighted by Crippen LogP contribution is -2.58. The second kappa shape index (κ2) is 9.66. The monoisotopic (exact) mass is 491 g/mol. The maximum atomic E-state index is 14.0. The molecule has 9 heteroatoms. The summed E-state index contributed by atoms with van der Waals surface area (Å²) in [5.74, 6) is -0.615. The van der Waals surface area contributed by atoms with E-state index in [-0.39, 0.29) is 35.2 Å². The Bertz CT molecular complexity index is 1400. The third-order valence-electron chi connectivity index (χ3n) is 6.95. The van der Waals surface area contributed by atoms with Gasteiger partial charge in [0.2, 0.25) is 0 Å². The smallest absolute Gasteiger partial charge is 0.322 e. The molecule has 0 aliphatic carbocycles. The highest BCUT2D eigenvalue weighted by molar-refractivity contribution is 5.35. The molecule has 0 amide bonds. The molecule has 0 radical (unpaired) electrons. The summed E-state index contributed by atoms with van der Waals surface area (Å²) in [6.07, 6.45) is 4.79. The quantitative estimate of drug-likeness (QED) is 0.434. The number of ether oxygens (including phenoxy) is 1. The number of hydrogen-bond donors (Lipinski definition) is 1. The number of piperidine rings is 1. The number of rotatable bonds is 6. The number of hydrogen-bond acceptors (Lipinski definition) is 5. The highest BCUT2D eigenvalue weighted by Gasteiger charge is 2.49. The summed E-state index contributed by atoms with van der Waals surface area (Å²) in [5, 5.41) is 3.59. The number of nitrogens with zero attached hydrogens (tertiary/aromatic N) is 4.